The zero-order chi connectivity index (χ0) is 24.9. The molecule has 1 N–H and O–H groups in total. The van der Waals surface area contributed by atoms with Crippen LogP contribution in [0.1, 0.15) is 35.1 Å². The highest BCUT2D eigenvalue weighted by atomic mass is 19.1. The van der Waals surface area contributed by atoms with Crippen LogP contribution in [0.3, 0.4) is 0 Å². The molecule has 0 bridgehead atoms. The van der Waals surface area contributed by atoms with Crippen molar-refractivity contribution in [2.45, 2.75) is 25.0 Å². The molecule has 2 atom stereocenters. The molecule has 0 saturated carbocycles. The normalized spacial score (nSPS) is 19.9. The van der Waals surface area contributed by atoms with E-state index in [2.05, 4.69) is 10.2 Å². The lowest BCUT2D eigenvalue weighted by atomic mass is 9.99. The zero-order valence-electron chi connectivity index (χ0n) is 20.1. The number of nitrogens with one attached hydrogen (secondary N) is 1. The van der Waals surface area contributed by atoms with E-state index in [9.17, 15) is 14.0 Å². The van der Waals surface area contributed by atoms with Crippen LogP contribution in [0.15, 0.2) is 78.9 Å². The fourth-order valence-corrected chi connectivity index (χ4v) is 5.00. The Labute approximate surface area is 210 Å². The molecule has 0 aromatic heterocycles. The van der Waals surface area contributed by atoms with Gasteiger partial charge < -0.3 is 15.0 Å². The molecular formula is C29H30FN3O3. The number of rotatable bonds is 7. The molecule has 3 aromatic rings. The Kier molecular flexibility index (Phi) is 7.28. The number of carbonyl (C=O) groups is 2. The Bertz CT molecular complexity index is 1220. The van der Waals surface area contributed by atoms with E-state index in [1.54, 1.807) is 17.0 Å². The van der Waals surface area contributed by atoms with E-state index in [4.69, 9.17) is 4.74 Å². The molecule has 2 heterocycles. The Hall–Kier alpha value is -3.71. The van der Waals surface area contributed by atoms with E-state index < -0.39 is 6.10 Å². The molecule has 1 fully saturated rings. The van der Waals surface area contributed by atoms with Gasteiger partial charge in [-0.2, -0.15) is 0 Å². The van der Waals surface area contributed by atoms with Crippen molar-refractivity contribution < 1.29 is 18.7 Å². The molecule has 6 nitrogen and oxygen atoms in total. The number of benzene rings is 3. The monoisotopic (exact) mass is 487 g/mol. The summed E-state index contributed by atoms with van der Waals surface area (Å²) in [6, 6.07) is 24.4. The van der Waals surface area contributed by atoms with Crippen LogP contribution in [0.4, 0.5) is 4.39 Å². The minimum Gasteiger partial charge on any atom is -0.484 e. The highest BCUT2D eigenvalue weighted by Gasteiger charge is 2.31. The van der Waals surface area contributed by atoms with Gasteiger partial charge in [0.1, 0.15) is 17.7 Å². The summed E-state index contributed by atoms with van der Waals surface area (Å²) in [5.74, 6) is 0.415. The summed E-state index contributed by atoms with van der Waals surface area (Å²) in [5, 5.41) is 2.95. The van der Waals surface area contributed by atoms with Crippen molar-refractivity contribution in [3.63, 3.8) is 0 Å². The Morgan fingerprint density at radius 1 is 0.972 bits per heavy atom. The number of hydrogen-bond acceptors (Lipinski definition) is 4. The van der Waals surface area contributed by atoms with Crippen LogP contribution in [-0.2, 0) is 16.1 Å². The molecule has 0 aliphatic carbocycles. The van der Waals surface area contributed by atoms with E-state index in [0.717, 1.165) is 16.9 Å². The van der Waals surface area contributed by atoms with E-state index in [0.29, 0.717) is 44.7 Å². The summed E-state index contributed by atoms with van der Waals surface area (Å²) in [6.45, 7) is 2.76. The van der Waals surface area contributed by atoms with Gasteiger partial charge in [-0.1, -0.05) is 66.7 Å². The van der Waals surface area contributed by atoms with Crippen LogP contribution >= 0.6 is 0 Å². The Balaban J connectivity index is 1.17. The lowest BCUT2D eigenvalue weighted by molar-refractivity contribution is -0.133. The maximum Gasteiger partial charge on any atom is 0.239 e. The average molecular weight is 488 g/mol. The SMILES string of the molecule is O=C(CN1C[C@H](c2ccccc2)CC1=O)NCCN1Cc2ccccc2O[C@H](c2ccccc2F)C1. The summed E-state index contributed by atoms with van der Waals surface area (Å²) in [6.07, 6.45) is -0.0234. The highest BCUT2D eigenvalue weighted by molar-refractivity contribution is 5.86. The number of fused-ring (bicyclic) bond motifs is 1. The number of carbonyl (C=O) groups excluding carboxylic acids is 2. The van der Waals surface area contributed by atoms with Crippen molar-refractivity contribution in [2.24, 2.45) is 0 Å². The minimum absolute atomic E-state index is 0.00741. The first-order valence-electron chi connectivity index (χ1n) is 12.4. The van der Waals surface area contributed by atoms with Crippen LogP contribution in [0.5, 0.6) is 5.75 Å². The van der Waals surface area contributed by atoms with Gasteiger partial charge in [0.05, 0.1) is 6.54 Å². The van der Waals surface area contributed by atoms with Gasteiger partial charge in [0, 0.05) is 56.2 Å². The third-order valence-electron chi connectivity index (χ3n) is 6.88. The van der Waals surface area contributed by atoms with E-state index in [1.807, 2.05) is 60.7 Å². The van der Waals surface area contributed by atoms with Gasteiger partial charge >= 0.3 is 0 Å². The molecule has 2 aliphatic rings. The van der Waals surface area contributed by atoms with E-state index in [1.165, 1.54) is 6.07 Å². The lowest BCUT2D eigenvalue weighted by Gasteiger charge is -2.24. The quantitative estimate of drug-likeness (QED) is 0.549. The smallest absolute Gasteiger partial charge is 0.239 e. The van der Waals surface area contributed by atoms with Crippen LogP contribution in [0.2, 0.25) is 0 Å². The standard InChI is InChI=1S/C29H30FN3O3/c30-25-12-6-5-11-24(25)27-19-32(17-22-10-4-7-13-26(22)36-27)15-14-31-28(34)20-33-18-23(16-29(33)35)21-8-2-1-3-9-21/h1-13,23,27H,14-20H2,(H,31,34)/t23-,27+/m1/s1. The number of para-hydroxylation sites is 1. The number of hydrogen-bond donors (Lipinski definition) is 1. The van der Waals surface area contributed by atoms with Crippen LogP contribution in [0.25, 0.3) is 0 Å². The lowest BCUT2D eigenvalue weighted by Crippen LogP contribution is -2.41. The van der Waals surface area contributed by atoms with Gasteiger partial charge in [0.15, 0.2) is 0 Å². The Morgan fingerprint density at radius 3 is 2.56 bits per heavy atom. The number of nitrogens with zero attached hydrogens (tertiary/aromatic N) is 2. The summed E-state index contributed by atoms with van der Waals surface area (Å²) < 4.78 is 20.8. The molecular weight excluding hydrogens is 457 g/mol. The van der Waals surface area contributed by atoms with Gasteiger partial charge in [-0.3, -0.25) is 14.5 Å². The van der Waals surface area contributed by atoms with Crippen molar-refractivity contribution >= 4 is 11.8 Å². The molecule has 0 spiro atoms. The summed E-state index contributed by atoms with van der Waals surface area (Å²) in [4.78, 5) is 28.9. The second-order valence-corrected chi connectivity index (χ2v) is 9.41. The number of ether oxygens (including phenoxy) is 1. The van der Waals surface area contributed by atoms with Gasteiger partial charge in [0.25, 0.3) is 0 Å². The maximum atomic E-state index is 14.5. The molecule has 1 saturated heterocycles. The first-order valence-corrected chi connectivity index (χ1v) is 12.4. The molecule has 2 amide bonds. The molecule has 5 rings (SSSR count). The van der Waals surface area contributed by atoms with Crippen LogP contribution < -0.4 is 10.1 Å². The fourth-order valence-electron chi connectivity index (χ4n) is 5.00. The molecule has 186 valence electrons. The maximum absolute atomic E-state index is 14.5. The molecule has 36 heavy (non-hydrogen) atoms. The van der Waals surface area contributed by atoms with Crippen LogP contribution in [-0.4, -0.2) is 54.3 Å². The minimum atomic E-state index is -0.456. The van der Waals surface area contributed by atoms with E-state index >= 15 is 0 Å². The van der Waals surface area contributed by atoms with Crippen molar-refractivity contribution in [3.8, 4) is 5.75 Å². The van der Waals surface area contributed by atoms with Gasteiger partial charge in [0.2, 0.25) is 11.8 Å². The first-order chi connectivity index (χ1) is 17.6. The third kappa shape index (κ3) is 5.57. The third-order valence-corrected chi connectivity index (χ3v) is 6.88. The summed E-state index contributed by atoms with van der Waals surface area (Å²) >= 11 is 0. The molecule has 2 aliphatic heterocycles. The van der Waals surface area contributed by atoms with Crippen molar-refractivity contribution in [1.82, 2.24) is 15.1 Å². The summed E-state index contributed by atoms with van der Waals surface area (Å²) in [5.41, 5.74) is 2.67. The zero-order valence-corrected chi connectivity index (χ0v) is 20.1. The summed E-state index contributed by atoms with van der Waals surface area (Å²) in [7, 11) is 0. The molecule has 0 radical (unpaired) electrons. The fraction of sp³-hybridized carbons (Fsp3) is 0.310. The van der Waals surface area contributed by atoms with Crippen molar-refractivity contribution in [1.29, 1.82) is 0 Å². The Morgan fingerprint density at radius 2 is 1.72 bits per heavy atom. The van der Waals surface area contributed by atoms with E-state index in [-0.39, 0.29) is 30.1 Å². The number of amides is 2. The molecule has 7 heteroatoms. The molecule has 0 unspecified atom stereocenters. The second-order valence-electron chi connectivity index (χ2n) is 9.41. The average Bonchev–Trinajstić information content (AvgIpc) is 3.14. The van der Waals surface area contributed by atoms with Gasteiger partial charge in [-0.25, -0.2) is 4.39 Å². The topological polar surface area (TPSA) is 61.9 Å². The second kappa shape index (κ2) is 10.9. The number of likely N-dealkylation sites (tertiary alicyclic amines) is 1. The highest BCUT2D eigenvalue weighted by Crippen LogP contribution is 2.32. The van der Waals surface area contributed by atoms with Gasteiger partial charge in [-0.15, -0.1) is 0 Å². The number of halogens is 1. The largest absolute Gasteiger partial charge is 0.484 e. The van der Waals surface area contributed by atoms with Crippen molar-refractivity contribution in [2.75, 3.05) is 32.7 Å². The van der Waals surface area contributed by atoms with Crippen molar-refractivity contribution in [3.05, 3.63) is 101 Å². The van der Waals surface area contributed by atoms with Gasteiger partial charge in [-0.05, 0) is 17.7 Å². The first kappa shape index (κ1) is 24.0. The predicted molar refractivity (Wildman–Crippen MR) is 135 cm³/mol. The molecule has 3 aromatic carbocycles. The van der Waals surface area contributed by atoms with Crippen LogP contribution in [0, 0.1) is 5.82 Å². The predicted octanol–water partition coefficient (Wildman–Crippen LogP) is 3.89.